The molecule has 130 valence electrons. The number of carbonyl (C=O) groups excluding carboxylic acids is 2. The Kier molecular flexibility index (Phi) is 4.92. The molecule has 3 rings (SSSR count). The van der Waals surface area contributed by atoms with Gasteiger partial charge in [0.05, 0.1) is 5.69 Å². The fourth-order valence-electron chi connectivity index (χ4n) is 3.08. The summed E-state index contributed by atoms with van der Waals surface area (Å²) in [5.74, 6) is -1.95. The average Bonchev–Trinajstić information content (AvgIpc) is 3.09. The summed E-state index contributed by atoms with van der Waals surface area (Å²) < 4.78 is 1.37. The number of piperidine rings is 1. The minimum Gasteiger partial charge on any atom is -0.480 e. The van der Waals surface area contributed by atoms with Gasteiger partial charge in [-0.2, -0.15) is 5.10 Å². The molecule has 1 unspecified atom stereocenters. The van der Waals surface area contributed by atoms with E-state index in [9.17, 15) is 14.4 Å². The first-order chi connectivity index (χ1) is 12.0. The minimum absolute atomic E-state index is 0.0105. The summed E-state index contributed by atoms with van der Waals surface area (Å²) in [5.41, 5.74) is 1.14. The maximum atomic E-state index is 12.5. The Balaban J connectivity index is 1.68. The van der Waals surface area contributed by atoms with Crippen molar-refractivity contribution in [3.63, 3.8) is 0 Å². The van der Waals surface area contributed by atoms with Gasteiger partial charge < -0.3 is 10.0 Å². The lowest BCUT2D eigenvalue weighted by atomic mass is 9.94. The van der Waals surface area contributed by atoms with Gasteiger partial charge in [0.15, 0.2) is 0 Å². The Morgan fingerprint density at radius 2 is 1.92 bits per heavy atom. The first-order valence-corrected chi connectivity index (χ1v) is 8.18. The number of ketones is 1. The van der Waals surface area contributed by atoms with Crippen LogP contribution in [-0.2, 0) is 16.1 Å². The van der Waals surface area contributed by atoms with Gasteiger partial charge in [0.1, 0.15) is 6.54 Å². The fraction of sp³-hybridized carbons (Fsp3) is 0.333. The van der Waals surface area contributed by atoms with Crippen LogP contribution in [0.1, 0.15) is 34.8 Å². The fourth-order valence-corrected chi connectivity index (χ4v) is 3.08. The summed E-state index contributed by atoms with van der Waals surface area (Å²) in [6, 6.07) is 10.3. The number of nitrogens with zero attached hydrogens (tertiary/aromatic N) is 3. The molecule has 7 nitrogen and oxygen atoms in total. The van der Waals surface area contributed by atoms with E-state index in [0.717, 1.165) is 18.5 Å². The summed E-state index contributed by atoms with van der Waals surface area (Å²) >= 11 is 0. The second kappa shape index (κ2) is 7.29. The van der Waals surface area contributed by atoms with E-state index in [0.29, 0.717) is 18.7 Å². The van der Waals surface area contributed by atoms with Gasteiger partial charge in [0.25, 0.3) is 5.91 Å². The van der Waals surface area contributed by atoms with Crippen molar-refractivity contribution in [2.24, 2.45) is 0 Å². The smallest absolute Gasteiger partial charge is 0.325 e. The molecule has 1 aliphatic heterocycles. The summed E-state index contributed by atoms with van der Waals surface area (Å²) in [7, 11) is 0. The van der Waals surface area contributed by atoms with Gasteiger partial charge in [0, 0.05) is 30.8 Å². The number of carbonyl (C=O) groups is 3. The topological polar surface area (TPSA) is 92.5 Å². The average molecular weight is 341 g/mol. The molecule has 1 aromatic heterocycles. The molecule has 0 saturated carbocycles. The Morgan fingerprint density at radius 3 is 2.64 bits per heavy atom. The number of amides is 1. The van der Waals surface area contributed by atoms with Crippen molar-refractivity contribution < 1.29 is 19.5 Å². The Labute approximate surface area is 144 Å². The molecule has 1 saturated heterocycles. The third-order valence-electron chi connectivity index (χ3n) is 4.32. The highest BCUT2D eigenvalue weighted by molar-refractivity contribution is 6.42. The summed E-state index contributed by atoms with van der Waals surface area (Å²) in [5, 5.41) is 13.1. The quantitative estimate of drug-likeness (QED) is 0.658. The summed E-state index contributed by atoms with van der Waals surface area (Å²) in [6.07, 6.45) is 3.26. The van der Waals surface area contributed by atoms with E-state index < -0.39 is 17.7 Å². The lowest BCUT2D eigenvalue weighted by Crippen LogP contribution is -2.42. The monoisotopic (exact) mass is 341 g/mol. The second-order valence-corrected chi connectivity index (χ2v) is 6.12. The van der Waals surface area contributed by atoms with Crippen LogP contribution in [0.3, 0.4) is 0 Å². The number of aliphatic carboxylic acids is 1. The molecular formula is C18H19N3O4. The highest BCUT2D eigenvalue weighted by atomic mass is 16.4. The van der Waals surface area contributed by atoms with E-state index in [1.54, 1.807) is 47.5 Å². The Hall–Kier alpha value is -2.96. The molecule has 7 heteroatoms. The van der Waals surface area contributed by atoms with Gasteiger partial charge in [-0.25, -0.2) is 0 Å². The Bertz CT molecular complexity index is 785. The molecule has 1 fully saturated rings. The number of carboxylic acids is 1. The molecule has 1 aliphatic rings. The molecule has 1 N–H and O–H groups in total. The highest BCUT2D eigenvalue weighted by Gasteiger charge is 2.30. The van der Waals surface area contributed by atoms with Crippen LogP contribution >= 0.6 is 0 Å². The molecule has 25 heavy (non-hydrogen) atoms. The maximum Gasteiger partial charge on any atom is 0.325 e. The number of hydrogen-bond donors (Lipinski definition) is 1. The van der Waals surface area contributed by atoms with Crippen LogP contribution in [0.25, 0.3) is 0 Å². The number of Topliss-reactive ketones (excluding diaryl/α,β-unsaturated/α-hetero) is 1. The number of benzene rings is 1. The third-order valence-corrected chi connectivity index (χ3v) is 4.32. The number of carboxylic acid groups (broad SMARTS) is 1. The van der Waals surface area contributed by atoms with Crippen molar-refractivity contribution in [1.29, 1.82) is 0 Å². The molecule has 0 spiro atoms. The van der Waals surface area contributed by atoms with Gasteiger partial charge in [-0.15, -0.1) is 0 Å². The molecule has 1 amide bonds. The van der Waals surface area contributed by atoms with Crippen LogP contribution in [0.5, 0.6) is 0 Å². The van der Waals surface area contributed by atoms with Gasteiger partial charge in [-0.3, -0.25) is 19.1 Å². The molecular weight excluding hydrogens is 322 g/mol. The van der Waals surface area contributed by atoms with Gasteiger partial charge in [0.2, 0.25) is 5.78 Å². The van der Waals surface area contributed by atoms with Crippen molar-refractivity contribution in [1.82, 2.24) is 14.7 Å². The number of hydrogen-bond acceptors (Lipinski definition) is 4. The van der Waals surface area contributed by atoms with Crippen LogP contribution in [0.15, 0.2) is 42.6 Å². The molecule has 0 aliphatic carbocycles. The van der Waals surface area contributed by atoms with E-state index in [2.05, 4.69) is 5.10 Å². The van der Waals surface area contributed by atoms with Gasteiger partial charge in [-0.1, -0.05) is 30.3 Å². The lowest BCUT2D eigenvalue weighted by molar-refractivity contribution is -0.137. The number of rotatable bonds is 5. The Morgan fingerprint density at radius 1 is 1.16 bits per heavy atom. The largest absolute Gasteiger partial charge is 0.480 e. The van der Waals surface area contributed by atoms with Crippen LogP contribution in [-0.4, -0.2) is 50.5 Å². The van der Waals surface area contributed by atoms with Crippen LogP contribution in [0.4, 0.5) is 0 Å². The van der Waals surface area contributed by atoms with Crippen LogP contribution < -0.4 is 0 Å². The second-order valence-electron chi connectivity index (χ2n) is 6.12. The van der Waals surface area contributed by atoms with E-state index >= 15 is 0 Å². The molecule has 1 atom stereocenters. The van der Waals surface area contributed by atoms with Crippen molar-refractivity contribution in [3.8, 4) is 0 Å². The highest BCUT2D eigenvalue weighted by Crippen LogP contribution is 2.26. The summed E-state index contributed by atoms with van der Waals surface area (Å²) in [6.45, 7) is 0.771. The zero-order valence-corrected chi connectivity index (χ0v) is 13.7. The zero-order valence-electron chi connectivity index (χ0n) is 13.7. The SMILES string of the molecule is O=C(O)Cn1ccc(C2CCCN(C(=O)C(=O)c3ccccc3)C2)n1. The predicted octanol–water partition coefficient (Wildman–Crippen LogP) is 1.56. The van der Waals surface area contributed by atoms with E-state index in [-0.39, 0.29) is 12.5 Å². The first-order valence-electron chi connectivity index (χ1n) is 8.18. The maximum absolute atomic E-state index is 12.5. The predicted molar refractivity (Wildman–Crippen MR) is 89.2 cm³/mol. The standard InChI is InChI=1S/C18H19N3O4/c22-16(23)12-21-10-8-15(19-21)14-7-4-9-20(11-14)18(25)17(24)13-5-2-1-3-6-13/h1-3,5-6,8,10,14H,4,7,9,11-12H2,(H,22,23). The van der Waals surface area contributed by atoms with Crippen molar-refractivity contribution in [2.45, 2.75) is 25.3 Å². The van der Waals surface area contributed by atoms with Crippen molar-refractivity contribution in [2.75, 3.05) is 13.1 Å². The van der Waals surface area contributed by atoms with Gasteiger partial charge in [-0.05, 0) is 18.9 Å². The number of likely N-dealkylation sites (tertiary alicyclic amines) is 1. The molecule has 0 bridgehead atoms. The summed E-state index contributed by atoms with van der Waals surface area (Å²) in [4.78, 5) is 37.2. The van der Waals surface area contributed by atoms with Gasteiger partial charge >= 0.3 is 5.97 Å². The molecule has 2 aromatic rings. The molecule has 1 aromatic carbocycles. The molecule has 2 heterocycles. The minimum atomic E-state index is -0.955. The van der Waals surface area contributed by atoms with Crippen molar-refractivity contribution >= 4 is 17.7 Å². The van der Waals surface area contributed by atoms with E-state index in [1.165, 1.54) is 4.68 Å². The lowest BCUT2D eigenvalue weighted by Gasteiger charge is -2.31. The normalized spacial score (nSPS) is 17.3. The zero-order chi connectivity index (χ0) is 17.8. The van der Waals surface area contributed by atoms with Crippen LogP contribution in [0.2, 0.25) is 0 Å². The first kappa shape index (κ1) is 16.9. The number of aromatic nitrogens is 2. The van der Waals surface area contributed by atoms with E-state index in [1.807, 2.05) is 0 Å². The van der Waals surface area contributed by atoms with E-state index in [4.69, 9.17) is 5.11 Å². The molecule has 0 radical (unpaired) electrons. The third kappa shape index (κ3) is 3.93. The van der Waals surface area contributed by atoms with Crippen LogP contribution in [0, 0.1) is 0 Å². The van der Waals surface area contributed by atoms with Crippen molar-refractivity contribution in [3.05, 3.63) is 53.9 Å².